The molecule has 1 aliphatic heterocycles. The predicted molar refractivity (Wildman–Crippen MR) is 141 cm³/mol. The highest BCUT2D eigenvalue weighted by atomic mass is 16.5. The Bertz CT molecular complexity index is 1750. The molecule has 1 fully saturated rings. The van der Waals surface area contributed by atoms with Gasteiger partial charge in [0.1, 0.15) is 17.4 Å². The zero-order valence-electron chi connectivity index (χ0n) is 22.1. The number of aromatic nitrogens is 3. The molecule has 1 amide bonds. The van der Waals surface area contributed by atoms with E-state index in [1.54, 1.807) is 16.8 Å². The van der Waals surface area contributed by atoms with Crippen LogP contribution in [-0.2, 0) is 11.3 Å². The number of hydrogen-bond donors (Lipinski definition) is 0. The van der Waals surface area contributed by atoms with E-state index < -0.39 is 5.91 Å². The fraction of sp³-hybridized carbons (Fsp3) is 0.321. The largest absolute Gasteiger partial charge is 0.493 e. The van der Waals surface area contributed by atoms with Crippen LogP contribution >= 0.6 is 0 Å². The standard InChI is InChI=1S/C28H27N5O6/c1-16-7-5-9-32-24(16)30-26-20(28(32)35)11-18(14-29)25(33(26)15-19-8-6-10-39-19)31-27(34)17-12-21(36-2)23(38-4)22(13-17)37-3/h5,7,9,11-13,19H,6,8,10,15H2,1-4H3/t19-/m1/s1. The molecule has 0 radical (unpaired) electrons. The van der Waals surface area contributed by atoms with E-state index in [0.29, 0.717) is 35.1 Å². The van der Waals surface area contributed by atoms with Crippen LogP contribution in [-0.4, -0.2) is 53.9 Å². The number of aryl methyl sites for hydroxylation is 1. The number of methoxy groups -OCH3 is 3. The molecule has 200 valence electrons. The molecular formula is C28H27N5O6. The van der Waals surface area contributed by atoms with E-state index in [1.807, 2.05) is 13.0 Å². The summed E-state index contributed by atoms with van der Waals surface area (Å²) in [6.07, 6.45) is 3.13. The number of hydrogen-bond acceptors (Lipinski definition) is 8. The van der Waals surface area contributed by atoms with Gasteiger partial charge in [0.25, 0.3) is 11.5 Å². The maximum absolute atomic E-state index is 13.5. The van der Waals surface area contributed by atoms with Crippen molar-refractivity contribution in [1.29, 1.82) is 5.26 Å². The molecule has 5 rings (SSSR count). The van der Waals surface area contributed by atoms with Gasteiger partial charge in [-0.1, -0.05) is 6.07 Å². The van der Waals surface area contributed by atoms with Crippen LogP contribution in [0.1, 0.15) is 34.3 Å². The number of carbonyl (C=O) groups excluding carboxylic acids is 1. The summed E-state index contributed by atoms with van der Waals surface area (Å²) in [5, 5.41) is 10.3. The number of fused-ring (bicyclic) bond motifs is 2. The first-order valence-electron chi connectivity index (χ1n) is 12.4. The number of amides is 1. The predicted octanol–water partition coefficient (Wildman–Crippen LogP) is 2.78. The number of benzene rings is 1. The fourth-order valence-electron chi connectivity index (χ4n) is 4.82. The van der Waals surface area contributed by atoms with Crippen molar-refractivity contribution in [3.8, 4) is 23.3 Å². The van der Waals surface area contributed by atoms with Gasteiger partial charge in [-0.15, -0.1) is 0 Å². The molecule has 0 unspecified atom stereocenters. The minimum atomic E-state index is -0.639. The molecule has 0 N–H and O–H groups in total. The summed E-state index contributed by atoms with van der Waals surface area (Å²) in [5.41, 5.74) is 1.59. The number of nitrogens with zero attached hydrogens (tertiary/aromatic N) is 5. The van der Waals surface area contributed by atoms with E-state index in [4.69, 9.17) is 23.9 Å². The Balaban J connectivity index is 1.81. The van der Waals surface area contributed by atoms with E-state index in [2.05, 4.69) is 11.1 Å². The summed E-state index contributed by atoms with van der Waals surface area (Å²) in [4.78, 5) is 36.2. The van der Waals surface area contributed by atoms with Gasteiger partial charge < -0.3 is 23.5 Å². The third-order valence-electron chi connectivity index (χ3n) is 6.75. The molecule has 3 aromatic heterocycles. The molecule has 11 nitrogen and oxygen atoms in total. The lowest BCUT2D eigenvalue weighted by atomic mass is 10.1. The number of pyridine rings is 2. The second-order valence-electron chi connectivity index (χ2n) is 9.11. The lowest BCUT2D eigenvalue weighted by Gasteiger charge is -2.17. The fourth-order valence-corrected chi connectivity index (χ4v) is 4.82. The quantitative estimate of drug-likeness (QED) is 0.349. The number of carbonyl (C=O) groups is 1. The zero-order chi connectivity index (χ0) is 27.7. The smallest absolute Gasteiger partial charge is 0.279 e. The van der Waals surface area contributed by atoms with Gasteiger partial charge in [0, 0.05) is 18.4 Å². The van der Waals surface area contributed by atoms with Gasteiger partial charge >= 0.3 is 0 Å². The third kappa shape index (κ3) is 4.59. The van der Waals surface area contributed by atoms with E-state index in [1.165, 1.54) is 43.9 Å². The highest BCUT2D eigenvalue weighted by Gasteiger charge is 2.22. The van der Waals surface area contributed by atoms with Crippen LogP contribution in [0.2, 0.25) is 0 Å². The second-order valence-corrected chi connectivity index (χ2v) is 9.11. The van der Waals surface area contributed by atoms with Crippen molar-refractivity contribution in [3.63, 3.8) is 0 Å². The third-order valence-corrected chi connectivity index (χ3v) is 6.75. The lowest BCUT2D eigenvalue weighted by Crippen LogP contribution is -2.33. The van der Waals surface area contributed by atoms with Crippen LogP contribution in [0.3, 0.4) is 0 Å². The van der Waals surface area contributed by atoms with Crippen molar-refractivity contribution in [2.24, 2.45) is 4.99 Å². The maximum Gasteiger partial charge on any atom is 0.279 e. The lowest BCUT2D eigenvalue weighted by molar-refractivity contribution is 0.0952. The van der Waals surface area contributed by atoms with Crippen molar-refractivity contribution < 1.29 is 23.7 Å². The van der Waals surface area contributed by atoms with Gasteiger partial charge in [-0.25, -0.2) is 4.98 Å². The van der Waals surface area contributed by atoms with Crippen molar-refractivity contribution in [2.75, 3.05) is 27.9 Å². The maximum atomic E-state index is 13.5. The molecule has 1 aromatic carbocycles. The van der Waals surface area contributed by atoms with Gasteiger partial charge in [-0.3, -0.25) is 14.0 Å². The highest BCUT2D eigenvalue weighted by molar-refractivity contribution is 5.96. The Hall–Kier alpha value is -4.69. The van der Waals surface area contributed by atoms with E-state index in [9.17, 15) is 14.9 Å². The second kappa shape index (κ2) is 10.6. The Labute approximate surface area is 223 Å². The van der Waals surface area contributed by atoms with Crippen molar-refractivity contribution >= 4 is 22.6 Å². The first kappa shape index (κ1) is 25.9. The Kier molecular flexibility index (Phi) is 7.04. The Morgan fingerprint density at radius 2 is 1.92 bits per heavy atom. The zero-order valence-corrected chi connectivity index (χ0v) is 22.1. The number of rotatable bonds is 6. The van der Waals surface area contributed by atoms with Gasteiger partial charge in [-0.2, -0.15) is 10.3 Å². The molecule has 0 bridgehead atoms. The highest BCUT2D eigenvalue weighted by Crippen LogP contribution is 2.38. The molecule has 11 heteroatoms. The molecule has 1 aliphatic rings. The monoisotopic (exact) mass is 529 g/mol. The number of nitriles is 1. The van der Waals surface area contributed by atoms with Crippen LogP contribution in [0, 0.1) is 18.3 Å². The molecule has 1 atom stereocenters. The summed E-state index contributed by atoms with van der Waals surface area (Å²) in [5.74, 6) is 0.275. The van der Waals surface area contributed by atoms with E-state index in [-0.39, 0.29) is 40.2 Å². The molecule has 0 aliphatic carbocycles. The molecule has 39 heavy (non-hydrogen) atoms. The normalized spacial score (nSPS) is 15.5. The Morgan fingerprint density at radius 3 is 2.54 bits per heavy atom. The molecule has 0 saturated carbocycles. The van der Waals surface area contributed by atoms with Gasteiger partial charge in [0.15, 0.2) is 17.0 Å². The van der Waals surface area contributed by atoms with E-state index >= 15 is 0 Å². The van der Waals surface area contributed by atoms with Crippen LogP contribution in [0.15, 0.2) is 46.3 Å². The van der Waals surface area contributed by atoms with Gasteiger partial charge in [-0.05, 0) is 49.6 Å². The van der Waals surface area contributed by atoms with Crippen molar-refractivity contribution in [2.45, 2.75) is 32.4 Å². The van der Waals surface area contributed by atoms with Crippen LogP contribution in [0.4, 0.5) is 0 Å². The van der Waals surface area contributed by atoms with Crippen LogP contribution in [0.5, 0.6) is 17.2 Å². The topological polar surface area (TPSA) is 129 Å². The average Bonchev–Trinajstić information content (AvgIpc) is 3.47. The summed E-state index contributed by atoms with van der Waals surface area (Å²) in [6.45, 7) is 2.74. The van der Waals surface area contributed by atoms with Crippen LogP contribution in [0.25, 0.3) is 16.7 Å². The summed E-state index contributed by atoms with van der Waals surface area (Å²) >= 11 is 0. The minimum absolute atomic E-state index is 0.0628. The van der Waals surface area contributed by atoms with Crippen LogP contribution < -0.4 is 25.3 Å². The summed E-state index contributed by atoms with van der Waals surface area (Å²) in [6, 6.07) is 10.2. The molecule has 4 aromatic rings. The summed E-state index contributed by atoms with van der Waals surface area (Å²) < 4.78 is 25.1. The average molecular weight is 530 g/mol. The SMILES string of the molecule is COc1cc(C(=O)N=c2c(C#N)cc3c(=O)n4cccc(C)c4nc3n2C[C@H]2CCCO2)cc(OC)c1OC. The van der Waals surface area contributed by atoms with Gasteiger partial charge in [0.05, 0.1) is 44.9 Å². The minimum Gasteiger partial charge on any atom is -0.493 e. The van der Waals surface area contributed by atoms with Gasteiger partial charge in [0.2, 0.25) is 5.75 Å². The molecule has 0 spiro atoms. The van der Waals surface area contributed by atoms with E-state index in [0.717, 1.165) is 18.4 Å². The summed E-state index contributed by atoms with van der Waals surface area (Å²) in [7, 11) is 4.37. The first-order chi connectivity index (χ1) is 18.9. The molecule has 1 saturated heterocycles. The number of ether oxygens (including phenoxy) is 4. The van der Waals surface area contributed by atoms with Crippen molar-refractivity contribution in [1.82, 2.24) is 14.0 Å². The molecular weight excluding hydrogens is 502 g/mol. The van der Waals surface area contributed by atoms with Crippen molar-refractivity contribution in [3.05, 3.63) is 69.1 Å². The Morgan fingerprint density at radius 1 is 1.18 bits per heavy atom. The first-order valence-corrected chi connectivity index (χ1v) is 12.4. The molecule has 4 heterocycles.